The lowest BCUT2D eigenvalue weighted by Crippen LogP contribution is -2.17. The van der Waals surface area contributed by atoms with Crippen molar-refractivity contribution in [2.45, 2.75) is 52.4 Å². The molecule has 1 atom stereocenters. The zero-order chi connectivity index (χ0) is 28.1. The number of hydrogen-bond acceptors (Lipinski definition) is 8. The lowest BCUT2D eigenvalue weighted by molar-refractivity contribution is -0.113. The number of methoxy groups -OCH3 is 1. The fraction of sp³-hybridized carbons (Fsp3) is 0.310. The van der Waals surface area contributed by atoms with Crippen LogP contribution in [0, 0.1) is 20.8 Å². The summed E-state index contributed by atoms with van der Waals surface area (Å²) in [6, 6.07) is 13.8. The Labute approximate surface area is 236 Å². The molecule has 0 aliphatic heterocycles. The summed E-state index contributed by atoms with van der Waals surface area (Å²) in [7, 11) is 1.33. The van der Waals surface area contributed by atoms with Gasteiger partial charge in [-0.1, -0.05) is 53.7 Å². The first-order valence-electron chi connectivity index (χ1n) is 12.6. The predicted octanol–water partition coefficient (Wildman–Crippen LogP) is 6.61. The molecular formula is C29H32N4O4S2. The van der Waals surface area contributed by atoms with E-state index in [2.05, 4.69) is 28.5 Å². The number of hydrogen-bond donors (Lipinski definition) is 1. The van der Waals surface area contributed by atoms with Gasteiger partial charge in [-0.25, -0.2) is 4.79 Å². The summed E-state index contributed by atoms with van der Waals surface area (Å²) in [6.07, 6.45) is -0.324. The third kappa shape index (κ3) is 6.34. The molecule has 1 unspecified atom stereocenters. The highest BCUT2D eigenvalue weighted by Gasteiger charge is 2.24. The van der Waals surface area contributed by atoms with Crippen molar-refractivity contribution in [3.63, 3.8) is 0 Å². The molecule has 8 nitrogen and oxygen atoms in total. The molecule has 0 aliphatic rings. The number of rotatable bonds is 10. The fourth-order valence-electron chi connectivity index (χ4n) is 4.09. The lowest BCUT2D eigenvalue weighted by Gasteiger charge is -2.17. The van der Waals surface area contributed by atoms with Gasteiger partial charge in [-0.05, 0) is 57.4 Å². The summed E-state index contributed by atoms with van der Waals surface area (Å²) < 4.78 is 13.2. The number of thioether (sulfide) groups is 1. The molecule has 10 heteroatoms. The van der Waals surface area contributed by atoms with Crippen molar-refractivity contribution in [2.75, 3.05) is 18.2 Å². The van der Waals surface area contributed by atoms with Crippen molar-refractivity contribution in [3.05, 3.63) is 75.9 Å². The number of nitrogens with one attached hydrogen (secondary N) is 1. The van der Waals surface area contributed by atoms with E-state index in [1.54, 1.807) is 0 Å². The summed E-state index contributed by atoms with van der Waals surface area (Å²) in [5, 5.41) is 14.5. The van der Waals surface area contributed by atoms with Crippen LogP contribution in [0.3, 0.4) is 0 Å². The van der Waals surface area contributed by atoms with Gasteiger partial charge in [0.15, 0.2) is 17.1 Å². The van der Waals surface area contributed by atoms with Crippen LogP contribution in [0.15, 0.2) is 53.0 Å². The molecule has 0 aliphatic carbocycles. The quantitative estimate of drug-likeness (QED) is 0.171. The number of ether oxygens (including phenoxy) is 2. The monoisotopic (exact) mass is 564 g/mol. The molecule has 2 aromatic carbocycles. The number of anilines is 1. The van der Waals surface area contributed by atoms with Crippen LogP contribution < -0.4 is 10.1 Å². The molecule has 0 saturated carbocycles. The zero-order valence-corrected chi connectivity index (χ0v) is 24.5. The van der Waals surface area contributed by atoms with E-state index in [4.69, 9.17) is 9.47 Å². The number of carbonyl (C=O) groups excluding carboxylic acids is 2. The summed E-state index contributed by atoms with van der Waals surface area (Å²) in [5.74, 6) is 0.847. The minimum Gasteiger partial charge on any atom is -0.482 e. The maximum Gasteiger partial charge on any atom is 0.341 e. The Bertz CT molecular complexity index is 1480. The van der Waals surface area contributed by atoms with E-state index in [-0.39, 0.29) is 17.8 Å². The van der Waals surface area contributed by atoms with Crippen LogP contribution in [0.2, 0.25) is 0 Å². The van der Waals surface area contributed by atoms with Crippen LogP contribution in [0.1, 0.15) is 52.8 Å². The molecule has 4 aromatic rings. The Morgan fingerprint density at radius 1 is 1.10 bits per heavy atom. The third-order valence-corrected chi connectivity index (χ3v) is 8.27. The number of thiophene rings is 1. The van der Waals surface area contributed by atoms with Crippen molar-refractivity contribution in [1.82, 2.24) is 14.8 Å². The Morgan fingerprint density at radius 3 is 2.54 bits per heavy atom. The molecule has 0 radical (unpaired) electrons. The third-order valence-electron chi connectivity index (χ3n) is 6.41. The topological polar surface area (TPSA) is 95.3 Å². The van der Waals surface area contributed by atoms with Gasteiger partial charge in [0.05, 0.1) is 12.9 Å². The van der Waals surface area contributed by atoms with E-state index < -0.39 is 5.97 Å². The second-order valence-corrected chi connectivity index (χ2v) is 10.9. The first-order valence-corrected chi connectivity index (χ1v) is 14.4. The average molecular weight is 565 g/mol. The van der Waals surface area contributed by atoms with Gasteiger partial charge in [0.2, 0.25) is 5.91 Å². The van der Waals surface area contributed by atoms with E-state index in [1.165, 1.54) is 30.2 Å². The van der Waals surface area contributed by atoms with Crippen molar-refractivity contribution in [1.29, 1.82) is 0 Å². The number of amides is 1. The van der Waals surface area contributed by atoms with Gasteiger partial charge in [0.1, 0.15) is 16.3 Å². The van der Waals surface area contributed by atoms with E-state index >= 15 is 0 Å². The largest absolute Gasteiger partial charge is 0.482 e. The number of aromatic nitrogens is 3. The first kappa shape index (κ1) is 28.4. The Kier molecular flexibility index (Phi) is 9.08. The Morgan fingerprint density at radius 2 is 1.85 bits per heavy atom. The van der Waals surface area contributed by atoms with Crippen molar-refractivity contribution >= 4 is 40.0 Å². The summed E-state index contributed by atoms with van der Waals surface area (Å²) >= 11 is 2.58. The van der Waals surface area contributed by atoms with E-state index in [0.29, 0.717) is 28.1 Å². The second kappa shape index (κ2) is 12.5. The van der Waals surface area contributed by atoms with E-state index in [9.17, 15) is 9.59 Å². The SMILES string of the molecule is CCn1c(SCC(=O)Nc2scc(-c3ccc(C)cc3)c2C(=O)OC)nnc1C(C)Oc1cccc(C)c1C. The average Bonchev–Trinajstić information content (AvgIpc) is 3.54. The highest BCUT2D eigenvalue weighted by molar-refractivity contribution is 7.99. The molecule has 0 bridgehead atoms. The molecular weight excluding hydrogens is 532 g/mol. The molecule has 2 heterocycles. The molecule has 4 rings (SSSR count). The number of nitrogens with zero attached hydrogens (tertiary/aromatic N) is 3. The smallest absolute Gasteiger partial charge is 0.341 e. The maximum atomic E-state index is 12.9. The van der Waals surface area contributed by atoms with Crippen LogP contribution in [0.5, 0.6) is 5.75 Å². The fourth-order valence-corrected chi connectivity index (χ4v) is 5.88. The summed E-state index contributed by atoms with van der Waals surface area (Å²) in [6.45, 7) is 10.7. The van der Waals surface area contributed by atoms with Crippen LogP contribution >= 0.6 is 23.1 Å². The molecule has 0 fully saturated rings. The standard InChI is InChI=1S/C29H32N4O4S2/c1-7-33-26(20(5)37-23-10-8-9-18(3)19(23)4)31-32-29(33)39-16-24(34)30-27-25(28(35)36-6)22(15-38-27)21-13-11-17(2)12-14-21/h8-15,20H,7,16H2,1-6H3,(H,30,34). The van der Waals surface area contributed by atoms with Crippen LogP contribution in [0.4, 0.5) is 5.00 Å². The Balaban J connectivity index is 1.46. The van der Waals surface area contributed by atoms with E-state index in [0.717, 1.165) is 33.6 Å². The number of carbonyl (C=O) groups is 2. The molecule has 0 spiro atoms. The van der Waals surface area contributed by atoms with Gasteiger partial charge in [-0.15, -0.1) is 21.5 Å². The van der Waals surface area contributed by atoms with Gasteiger partial charge in [-0.3, -0.25) is 4.79 Å². The van der Waals surface area contributed by atoms with Crippen LogP contribution in [-0.2, 0) is 16.1 Å². The zero-order valence-electron chi connectivity index (χ0n) is 22.9. The lowest BCUT2D eigenvalue weighted by atomic mass is 10.0. The van der Waals surface area contributed by atoms with Gasteiger partial charge in [0.25, 0.3) is 0 Å². The van der Waals surface area contributed by atoms with Crippen LogP contribution in [-0.4, -0.2) is 39.5 Å². The minimum absolute atomic E-state index is 0.0999. The first-order chi connectivity index (χ1) is 18.7. The van der Waals surface area contributed by atoms with Gasteiger partial charge >= 0.3 is 5.97 Å². The Hall–Kier alpha value is -3.63. The summed E-state index contributed by atoms with van der Waals surface area (Å²) in [4.78, 5) is 25.6. The maximum absolute atomic E-state index is 12.9. The summed E-state index contributed by atoms with van der Waals surface area (Å²) in [5.41, 5.74) is 5.32. The van der Waals surface area contributed by atoms with Gasteiger partial charge in [0, 0.05) is 17.5 Å². The molecule has 2 aromatic heterocycles. The highest BCUT2D eigenvalue weighted by atomic mass is 32.2. The molecule has 1 amide bonds. The minimum atomic E-state index is -0.497. The highest BCUT2D eigenvalue weighted by Crippen LogP contribution is 2.36. The van der Waals surface area contributed by atoms with Crippen molar-refractivity contribution in [3.8, 4) is 16.9 Å². The predicted molar refractivity (Wildman–Crippen MR) is 156 cm³/mol. The van der Waals surface area contributed by atoms with Crippen molar-refractivity contribution < 1.29 is 19.1 Å². The number of aryl methyl sites for hydroxylation is 2. The molecule has 204 valence electrons. The number of esters is 1. The number of benzene rings is 2. The second-order valence-electron chi connectivity index (χ2n) is 9.09. The van der Waals surface area contributed by atoms with Crippen LogP contribution in [0.25, 0.3) is 11.1 Å². The normalized spacial score (nSPS) is 11.7. The molecule has 0 saturated heterocycles. The van der Waals surface area contributed by atoms with Crippen molar-refractivity contribution in [2.24, 2.45) is 0 Å². The molecule has 1 N–H and O–H groups in total. The van der Waals surface area contributed by atoms with Gasteiger partial charge in [-0.2, -0.15) is 0 Å². The van der Waals surface area contributed by atoms with Gasteiger partial charge < -0.3 is 19.4 Å². The van der Waals surface area contributed by atoms with E-state index in [1.807, 2.05) is 74.0 Å². The molecule has 39 heavy (non-hydrogen) atoms.